The number of rotatable bonds is 1. The van der Waals surface area contributed by atoms with Crippen molar-refractivity contribution < 1.29 is 18.1 Å². The number of phenols is 1. The van der Waals surface area contributed by atoms with E-state index in [1.54, 1.807) is 24.3 Å². The van der Waals surface area contributed by atoms with E-state index in [2.05, 4.69) is 0 Å². The third kappa shape index (κ3) is 3.68. The molecule has 0 unspecified atom stereocenters. The van der Waals surface area contributed by atoms with Crippen molar-refractivity contribution in [1.82, 2.24) is 0 Å². The summed E-state index contributed by atoms with van der Waals surface area (Å²) in [7, 11) is -4.41. The van der Waals surface area contributed by atoms with E-state index in [1.165, 1.54) is 12.1 Å². The van der Waals surface area contributed by atoms with Crippen molar-refractivity contribution in [1.29, 1.82) is 0 Å². The molecule has 0 atom stereocenters. The van der Waals surface area contributed by atoms with E-state index in [4.69, 9.17) is 4.55 Å². The van der Waals surface area contributed by atoms with Crippen LogP contribution in [-0.4, -0.2) is 77.2 Å². The summed E-state index contributed by atoms with van der Waals surface area (Å²) in [5.41, 5.74) is 0. The third-order valence-electron chi connectivity index (χ3n) is 2.12. The molecule has 0 aromatic heterocycles. The zero-order valence-corrected chi connectivity index (χ0v) is 8.40. The Bertz CT molecular complexity index is 625. The second-order valence-corrected chi connectivity index (χ2v) is 4.47. The Morgan fingerprint density at radius 3 is 2.12 bits per heavy atom. The standard InChI is InChI=1S/C10H8O4S.2Na.2H/c11-9-6-5-7-3-1-2-4-8(7)10(9)15(12,13)14;;;;/h1-6,11H,(H,12,13,14);;;;. The maximum absolute atomic E-state index is 11.1. The van der Waals surface area contributed by atoms with Crippen LogP contribution < -0.4 is 0 Å². The van der Waals surface area contributed by atoms with E-state index in [9.17, 15) is 13.5 Å². The number of benzene rings is 2. The average Bonchev–Trinajstić information content (AvgIpc) is 2.15. The monoisotopic (exact) mass is 272 g/mol. The fourth-order valence-electron chi connectivity index (χ4n) is 1.50. The van der Waals surface area contributed by atoms with Gasteiger partial charge in [-0.2, -0.15) is 8.42 Å². The summed E-state index contributed by atoms with van der Waals surface area (Å²) in [6.45, 7) is 0. The summed E-state index contributed by atoms with van der Waals surface area (Å²) in [5.74, 6) is -0.448. The van der Waals surface area contributed by atoms with E-state index in [0.717, 1.165) is 0 Å². The van der Waals surface area contributed by atoms with Gasteiger partial charge in [-0.15, -0.1) is 0 Å². The molecule has 17 heavy (non-hydrogen) atoms. The van der Waals surface area contributed by atoms with Crippen molar-refractivity contribution in [2.75, 3.05) is 0 Å². The molecule has 0 saturated heterocycles. The van der Waals surface area contributed by atoms with Crippen molar-refractivity contribution in [2.24, 2.45) is 0 Å². The molecule has 0 spiro atoms. The van der Waals surface area contributed by atoms with Crippen molar-refractivity contribution in [3.63, 3.8) is 0 Å². The molecule has 2 rings (SSSR count). The van der Waals surface area contributed by atoms with Gasteiger partial charge in [-0.1, -0.05) is 30.3 Å². The maximum atomic E-state index is 11.1. The molecule has 0 amide bonds. The first-order valence-corrected chi connectivity index (χ1v) is 5.62. The second kappa shape index (κ2) is 6.54. The van der Waals surface area contributed by atoms with Crippen LogP contribution in [0.15, 0.2) is 41.3 Å². The number of hydrogen-bond acceptors (Lipinski definition) is 3. The fraction of sp³-hybridized carbons (Fsp3) is 0. The van der Waals surface area contributed by atoms with E-state index in [0.29, 0.717) is 10.8 Å². The molecule has 4 nitrogen and oxygen atoms in total. The molecule has 0 radical (unpaired) electrons. The van der Waals surface area contributed by atoms with Crippen LogP contribution in [0.4, 0.5) is 0 Å². The molecule has 7 heteroatoms. The molecule has 2 N–H and O–H groups in total. The molecule has 0 heterocycles. The quantitative estimate of drug-likeness (QED) is 0.585. The van der Waals surface area contributed by atoms with Crippen LogP contribution >= 0.6 is 0 Å². The van der Waals surface area contributed by atoms with Gasteiger partial charge in [0.05, 0.1) is 0 Å². The molecular formula is C10H10Na2O4S. The average molecular weight is 272 g/mol. The first kappa shape index (κ1) is 17.4. The van der Waals surface area contributed by atoms with Crippen LogP contribution in [0.25, 0.3) is 10.8 Å². The Balaban J connectivity index is 0.00000128. The molecule has 82 valence electrons. The topological polar surface area (TPSA) is 74.6 Å². The van der Waals surface area contributed by atoms with E-state index in [1.807, 2.05) is 0 Å². The van der Waals surface area contributed by atoms with Gasteiger partial charge < -0.3 is 5.11 Å². The predicted molar refractivity (Wildman–Crippen MR) is 69.7 cm³/mol. The summed E-state index contributed by atoms with van der Waals surface area (Å²) in [5, 5.41) is 10.4. The third-order valence-corrected chi connectivity index (χ3v) is 3.06. The van der Waals surface area contributed by atoms with Gasteiger partial charge in [0, 0.05) is 5.39 Å². The summed E-state index contributed by atoms with van der Waals surface area (Å²) >= 11 is 0. The zero-order chi connectivity index (χ0) is 11.1. The van der Waals surface area contributed by atoms with Gasteiger partial charge in [-0.25, -0.2) is 0 Å². The van der Waals surface area contributed by atoms with E-state index in [-0.39, 0.29) is 59.1 Å². The minimum absolute atomic E-state index is 0. The number of aromatic hydroxyl groups is 1. The Morgan fingerprint density at radius 1 is 0.941 bits per heavy atom. The van der Waals surface area contributed by atoms with Gasteiger partial charge in [0.2, 0.25) is 0 Å². The van der Waals surface area contributed by atoms with E-state index < -0.39 is 20.8 Å². The zero-order valence-electron chi connectivity index (χ0n) is 7.58. The SMILES string of the molecule is O=S(=O)(O)c1c(O)ccc2ccccc12.[NaH].[NaH]. The van der Waals surface area contributed by atoms with Gasteiger partial charge in [-0.05, 0) is 11.5 Å². The summed E-state index contributed by atoms with van der Waals surface area (Å²) in [6, 6.07) is 9.43. The van der Waals surface area contributed by atoms with Gasteiger partial charge >= 0.3 is 59.1 Å². The number of hydrogen-bond donors (Lipinski definition) is 2. The van der Waals surface area contributed by atoms with Crippen LogP contribution in [0.1, 0.15) is 0 Å². The van der Waals surface area contributed by atoms with Crippen LogP contribution in [-0.2, 0) is 10.1 Å². The second-order valence-electron chi connectivity index (χ2n) is 3.11. The summed E-state index contributed by atoms with van der Waals surface area (Å²) < 4.78 is 31.1. The van der Waals surface area contributed by atoms with Crippen molar-refractivity contribution in [3.05, 3.63) is 36.4 Å². The molecule has 0 aliphatic rings. The van der Waals surface area contributed by atoms with Gasteiger partial charge in [-0.3, -0.25) is 4.55 Å². The Kier molecular flexibility index (Phi) is 6.70. The summed E-state index contributed by atoms with van der Waals surface area (Å²) in [4.78, 5) is -0.444. The van der Waals surface area contributed by atoms with Crippen molar-refractivity contribution in [2.45, 2.75) is 4.90 Å². The molecule has 0 saturated carbocycles. The summed E-state index contributed by atoms with van der Waals surface area (Å²) in [6.07, 6.45) is 0. The van der Waals surface area contributed by atoms with Crippen LogP contribution in [0.3, 0.4) is 0 Å². The molecule has 2 aromatic rings. The van der Waals surface area contributed by atoms with Crippen LogP contribution in [0.5, 0.6) is 5.75 Å². The Hall–Kier alpha value is 0.410. The van der Waals surface area contributed by atoms with Crippen LogP contribution in [0, 0.1) is 0 Å². The molecular weight excluding hydrogens is 262 g/mol. The molecule has 0 aliphatic heterocycles. The molecule has 2 aromatic carbocycles. The predicted octanol–water partition coefficient (Wildman–Crippen LogP) is 0.495. The van der Waals surface area contributed by atoms with Gasteiger partial charge in [0.25, 0.3) is 10.1 Å². The molecule has 0 bridgehead atoms. The number of fused-ring (bicyclic) bond motifs is 1. The van der Waals surface area contributed by atoms with Gasteiger partial charge in [0.1, 0.15) is 10.6 Å². The van der Waals surface area contributed by atoms with Crippen molar-refractivity contribution >= 4 is 80.0 Å². The molecule has 0 aliphatic carbocycles. The molecule has 0 fully saturated rings. The first-order valence-electron chi connectivity index (χ1n) is 4.18. The minimum atomic E-state index is -4.41. The first-order chi connectivity index (χ1) is 7.00. The van der Waals surface area contributed by atoms with Gasteiger partial charge in [0.15, 0.2) is 0 Å². The number of phenolic OH excluding ortho intramolecular Hbond substituents is 1. The Morgan fingerprint density at radius 2 is 1.53 bits per heavy atom. The Labute approximate surface area is 143 Å². The van der Waals surface area contributed by atoms with Crippen LogP contribution in [0.2, 0.25) is 0 Å². The van der Waals surface area contributed by atoms with Crippen molar-refractivity contribution in [3.8, 4) is 5.75 Å². The van der Waals surface area contributed by atoms with E-state index >= 15 is 0 Å². The normalized spacial score (nSPS) is 10.4. The fourth-order valence-corrected chi connectivity index (χ4v) is 2.30.